The lowest BCUT2D eigenvalue weighted by Gasteiger charge is -2.24. The molecule has 2 aromatic carbocycles. The fourth-order valence-electron chi connectivity index (χ4n) is 1.88. The molecule has 0 heterocycles. The molecule has 0 fully saturated rings. The maximum Gasteiger partial charge on any atom is 0.0410 e. The van der Waals surface area contributed by atoms with Gasteiger partial charge in [0.15, 0.2) is 0 Å². The highest BCUT2D eigenvalue weighted by Crippen LogP contribution is 2.24. The summed E-state index contributed by atoms with van der Waals surface area (Å²) in [7, 11) is 0. The Bertz CT molecular complexity index is 382. The van der Waals surface area contributed by atoms with Gasteiger partial charge in [-0.15, -0.1) is 0 Å². The highest BCUT2D eigenvalue weighted by atomic mass is 15.1. The SMILES string of the molecule is C[CH]CCN(c1ccccc1)c1ccccc1. The van der Waals surface area contributed by atoms with Crippen molar-refractivity contribution in [3.05, 3.63) is 67.1 Å². The fourth-order valence-corrected chi connectivity index (χ4v) is 1.88. The first-order valence-electron chi connectivity index (χ1n) is 6.07. The molecule has 0 saturated heterocycles. The number of unbranched alkanes of at least 4 members (excludes halogenated alkanes) is 1. The third-order valence-corrected chi connectivity index (χ3v) is 2.78. The molecule has 0 saturated carbocycles. The third-order valence-electron chi connectivity index (χ3n) is 2.78. The Morgan fingerprint density at radius 2 is 1.29 bits per heavy atom. The summed E-state index contributed by atoms with van der Waals surface area (Å²) in [6.07, 6.45) is 3.29. The van der Waals surface area contributed by atoms with E-state index in [9.17, 15) is 0 Å². The molecule has 2 aromatic rings. The summed E-state index contributed by atoms with van der Waals surface area (Å²) in [6.45, 7) is 3.12. The lowest BCUT2D eigenvalue weighted by molar-refractivity contribution is 0.898. The van der Waals surface area contributed by atoms with Gasteiger partial charge in [-0.1, -0.05) is 43.3 Å². The number of hydrogen-bond acceptors (Lipinski definition) is 1. The zero-order valence-corrected chi connectivity index (χ0v) is 10.2. The normalized spacial score (nSPS) is 10.2. The van der Waals surface area contributed by atoms with Crippen molar-refractivity contribution >= 4 is 11.4 Å². The van der Waals surface area contributed by atoms with Gasteiger partial charge in [-0.25, -0.2) is 0 Å². The van der Waals surface area contributed by atoms with Crippen LogP contribution < -0.4 is 4.90 Å². The molecule has 0 aliphatic carbocycles. The summed E-state index contributed by atoms with van der Waals surface area (Å²) >= 11 is 0. The van der Waals surface area contributed by atoms with Crippen molar-refractivity contribution in [1.82, 2.24) is 0 Å². The van der Waals surface area contributed by atoms with Crippen LogP contribution in [-0.4, -0.2) is 6.54 Å². The maximum atomic E-state index is 2.35. The molecule has 87 valence electrons. The molecule has 0 unspecified atom stereocenters. The quantitative estimate of drug-likeness (QED) is 0.725. The first kappa shape index (κ1) is 11.7. The predicted octanol–water partition coefficient (Wildman–Crippen LogP) is 4.44. The van der Waals surface area contributed by atoms with Gasteiger partial charge >= 0.3 is 0 Å². The van der Waals surface area contributed by atoms with Gasteiger partial charge in [0.2, 0.25) is 0 Å². The summed E-state index contributed by atoms with van der Waals surface area (Å²) in [5.74, 6) is 0. The van der Waals surface area contributed by atoms with E-state index in [2.05, 4.69) is 78.9 Å². The summed E-state index contributed by atoms with van der Waals surface area (Å²) in [4.78, 5) is 2.35. The van der Waals surface area contributed by atoms with E-state index < -0.39 is 0 Å². The van der Waals surface area contributed by atoms with Gasteiger partial charge < -0.3 is 4.90 Å². The monoisotopic (exact) mass is 224 g/mol. The summed E-state index contributed by atoms with van der Waals surface area (Å²) in [5, 5.41) is 0. The van der Waals surface area contributed by atoms with Crippen LogP contribution in [0.25, 0.3) is 0 Å². The second kappa shape index (κ2) is 6.09. The third kappa shape index (κ3) is 3.10. The van der Waals surface area contributed by atoms with Gasteiger partial charge in [0.05, 0.1) is 0 Å². The van der Waals surface area contributed by atoms with Crippen molar-refractivity contribution in [2.45, 2.75) is 13.3 Å². The number of para-hydroxylation sites is 2. The van der Waals surface area contributed by atoms with E-state index in [1.54, 1.807) is 0 Å². The van der Waals surface area contributed by atoms with Crippen LogP contribution in [0.15, 0.2) is 60.7 Å². The van der Waals surface area contributed by atoms with E-state index in [0.29, 0.717) is 0 Å². The highest BCUT2D eigenvalue weighted by molar-refractivity contribution is 5.62. The van der Waals surface area contributed by atoms with E-state index in [1.807, 2.05) is 0 Å². The van der Waals surface area contributed by atoms with Crippen LogP contribution in [-0.2, 0) is 0 Å². The van der Waals surface area contributed by atoms with Crippen molar-refractivity contribution in [1.29, 1.82) is 0 Å². The molecule has 0 spiro atoms. The predicted molar refractivity (Wildman–Crippen MR) is 74.5 cm³/mol. The van der Waals surface area contributed by atoms with Gasteiger partial charge in [-0.2, -0.15) is 0 Å². The Balaban J connectivity index is 2.26. The van der Waals surface area contributed by atoms with Gasteiger partial charge in [0.25, 0.3) is 0 Å². The van der Waals surface area contributed by atoms with Gasteiger partial charge in [-0.05, 0) is 37.1 Å². The minimum atomic E-state index is 1.02. The second-order valence-electron chi connectivity index (χ2n) is 4.02. The Morgan fingerprint density at radius 3 is 1.71 bits per heavy atom. The molecule has 17 heavy (non-hydrogen) atoms. The average Bonchev–Trinajstić information content (AvgIpc) is 2.42. The molecule has 0 N–H and O–H groups in total. The van der Waals surface area contributed by atoms with Crippen LogP contribution in [0, 0.1) is 6.42 Å². The largest absolute Gasteiger partial charge is 0.341 e. The minimum Gasteiger partial charge on any atom is -0.341 e. The number of benzene rings is 2. The average molecular weight is 224 g/mol. The molecule has 2 rings (SSSR count). The molecule has 0 aliphatic heterocycles. The van der Waals surface area contributed by atoms with E-state index in [0.717, 1.165) is 13.0 Å². The van der Waals surface area contributed by atoms with Crippen LogP contribution in [0.1, 0.15) is 13.3 Å². The van der Waals surface area contributed by atoms with Gasteiger partial charge in [0.1, 0.15) is 0 Å². The second-order valence-corrected chi connectivity index (χ2v) is 4.02. The van der Waals surface area contributed by atoms with Gasteiger partial charge in [0, 0.05) is 17.9 Å². The van der Waals surface area contributed by atoms with Crippen LogP contribution >= 0.6 is 0 Å². The number of nitrogens with zero attached hydrogens (tertiary/aromatic N) is 1. The van der Waals surface area contributed by atoms with Crippen molar-refractivity contribution in [3.63, 3.8) is 0 Å². The molecule has 0 amide bonds. The Hall–Kier alpha value is -1.76. The van der Waals surface area contributed by atoms with E-state index >= 15 is 0 Å². The minimum absolute atomic E-state index is 1.02. The van der Waals surface area contributed by atoms with E-state index in [4.69, 9.17) is 0 Å². The number of rotatable bonds is 5. The molecule has 1 radical (unpaired) electrons. The molecule has 1 nitrogen and oxygen atoms in total. The number of anilines is 2. The lowest BCUT2D eigenvalue weighted by atomic mass is 10.2. The molecule has 0 aliphatic rings. The smallest absolute Gasteiger partial charge is 0.0410 e. The van der Waals surface area contributed by atoms with E-state index in [1.165, 1.54) is 11.4 Å². The summed E-state index contributed by atoms with van der Waals surface area (Å²) in [6, 6.07) is 21.1. The maximum absolute atomic E-state index is 2.35. The zero-order chi connectivity index (χ0) is 11.9. The highest BCUT2D eigenvalue weighted by Gasteiger charge is 2.07. The Kier molecular flexibility index (Phi) is 4.20. The van der Waals surface area contributed by atoms with E-state index in [-0.39, 0.29) is 0 Å². The van der Waals surface area contributed by atoms with Crippen molar-refractivity contribution in [2.75, 3.05) is 11.4 Å². The Labute approximate surface area is 104 Å². The van der Waals surface area contributed by atoms with Crippen LogP contribution in [0.5, 0.6) is 0 Å². The molecule has 1 heteroatoms. The van der Waals surface area contributed by atoms with Crippen molar-refractivity contribution < 1.29 is 0 Å². The Morgan fingerprint density at radius 1 is 0.824 bits per heavy atom. The molecule has 0 aromatic heterocycles. The first-order chi connectivity index (χ1) is 8.42. The molecular formula is C16H18N. The van der Waals surface area contributed by atoms with Crippen molar-refractivity contribution in [2.24, 2.45) is 0 Å². The van der Waals surface area contributed by atoms with Crippen LogP contribution in [0.4, 0.5) is 11.4 Å². The molecule has 0 atom stereocenters. The zero-order valence-electron chi connectivity index (χ0n) is 10.2. The van der Waals surface area contributed by atoms with Gasteiger partial charge in [-0.3, -0.25) is 0 Å². The van der Waals surface area contributed by atoms with Crippen LogP contribution in [0.2, 0.25) is 0 Å². The van der Waals surface area contributed by atoms with Crippen molar-refractivity contribution in [3.8, 4) is 0 Å². The first-order valence-corrected chi connectivity index (χ1v) is 6.07. The summed E-state index contributed by atoms with van der Waals surface area (Å²) in [5.41, 5.74) is 2.50. The molecule has 0 bridgehead atoms. The molecular weight excluding hydrogens is 206 g/mol. The standard InChI is InChI=1S/C16H18N/c1-2-3-14-17(15-10-6-4-7-11-15)16-12-8-5-9-13-16/h2,4-13H,3,14H2,1H3. The topological polar surface area (TPSA) is 3.24 Å². The summed E-state index contributed by atoms with van der Waals surface area (Å²) < 4.78 is 0. The number of hydrogen-bond donors (Lipinski definition) is 0. The lowest BCUT2D eigenvalue weighted by Crippen LogP contribution is -2.18. The fraction of sp³-hybridized carbons (Fsp3) is 0.188. The van der Waals surface area contributed by atoms with Crippen LogP contribution in [0.3, 0.4) is 0 Å².